The van der Waals surface area contributed by atoms with Crippen LogP contribution in [0.25, 0.3) is 11.1 Å². The van der Waals surface area contributed by atoms with E-state index in [1.165, 1.54) is 0 Å². The molecule has 4 N–H and O–H groups in total. The summed E-state index contributed by atoms with van der Waals surface area (Å²) in [5.41, 5.74) is 8.48. The molecule has 0 fully saturated rings. The predicted molar refractivity (Wildman–Crippen MR) is 94.1 cm³/mol. The molecule has 3 rings (SSSR count). The molecule has 0 amide bonds. The minimum atomic E-state index is -0.0991. The van der Waals surface area contributed by atoms with Crippen molar-refractivity contribution in [2.24, 2.45) is 10.7 Å². The first kappa shape index (κ1) is 15.0. The maximum atomic E-state index is 7.80. The lowest BCUT2D eigenvalue weighted by atomic mass is 10.1. The second kappa shape index (κ2) is 6.46. The molecule has 0 radical (unpaired) electrons. The second-order valence-electron chi connectivity index (χ2n) is 4.83. The molecule has 0 saturated heterocycles. The zero-order valence-electron chi connectivity index (χ0n) is 12.1. The fourth-order valence-corrected chi connectivity index (χ4v) is 2.48. The highest BCUT2D eigenvalue weighted by molar-refractivity contribution is 6.34. The summed E-state index contributed by atoms with van der Waals surface area (Å²) in [6.45, 7) is 0. The van der Waals surface area contributed by atoms with Crippen molar-refractivity contribution in [3.63, 3.8) is 0 Å². The maximum Gasteiger partial charge on any atom is 0.143 e. The third-order valence-electron chi connectivity index (χ3n) is 3.31. The number of pyridine rings is 1. The normalized spacial score (nSPS) is 15.6. The third kappa shape index (κ3) is 3.14. The Morgan fingerprint density at radius 3 is 2.52 bits per heavy atom. The highest BCUT2D eigenvalue weighted by atomic mass is 35.5. The van der Waals surface area contributed by atoms with Gasteiger partial charge in [0.25, 0.3) is 0 Å². The van der Waals surface area contributed by atoms with Crippen molar-refractivity contribution in [3.05, 3.63) is 77.0 Å². The van der Waals surface area contributed by atoms with Gasteiger partial charge < -0.3 is 11.1 Å². The number of hydrogen-bond acceptors (Lipinski definition) is 4. The van der Waals surface area contributed by atoms with Crippen LogP contribution in [0.2, 0.25) is 5.02 Å². The summed E-state index contributed by atoms with van der Waals surface area (Å²) in [6.07, 6.45) is 5.13. The summed E-state index contributed by atoms with van der Waals surface area (Å²) in [5, 5.41) is 11.5. The van der Waals surface area contributed by atoms with Gasteiger partial charge in [-0.1, -0.05) is 35.9 Å². The monoisotopic (exact) mass is 323 g/mol. The molecule has 0 atom stereocenters. The van der Waals surface area contributed by atoms with Crippen LogP contribution in [0.4, 0.5) is 0 Å². The summed E-state index contributed by atoms with van der Waals surface area (Å²) in [5.74, 6) is 0.380. The number of allylic oxidation sites excluding steroid dienone is 1. The molecular weight excluding hydrogens is 310 g/mol. The highest BCUT2D eigenvalue weighted by Crippen LogP contribution is 2.25. The Labute approximate surface area is 138 Å². The molecular formula is C17H14ClN5. The van der Waals surface area contributed by atoms with Gasteiger partial charge in [-0.25, -0.2) is 4.99 Å². The van der Waals surface area contributed by atoms with Crippen LogP contribution >= 0.6 is 11.6 Å². The fraction of sp³-hybridized carbons (Fsp3) is 0. The van der Waals surface area contributed by atoms with Crippen LogP contribution in [0, 0.1) is 5.41 Å². The highest BCUT2D eigenvalue weighted by Gasteiger charge is 2.16. The first-order valence-corrected chi connectivity index (χ1v) is 7.30. The van der Waals surface area contributed by atoms with Crippen molar-refractivity contribution >= 4 is 34.8 Å². The van der Waals surface area contributed by atoms with Gasteiger partial charge in [0, 0.05) is 34.8 Å². The molecule has 0 aliphatic carbocycles. The molecule has 1 aliphatic rings. The molecule has 1 aromatic carbocycles. The first-order valence-electron chi connectivity index (χ1n) is 6.92. The van der Waals surface area contributed by atoms with Crippen LogP contribution in [0.1, 0.15) is 11.3 Å². The SMILES string of the molecule is N=C(N)/C(=C1\N=CC(c2ccccc2Cl)=CN1)c1ccccn1. The van der Waals surface area contributed by atoms with E-state index in [9.17, 15) is 0 Å². The van der Waals surface area contributed by atoms with Crippen molar-refractivity contribution in [1.82, 2.24) is 10.3 Å². The van der Waals surface area contributed by atoms with Crippen molar-refractivity contribution in [3.8, 4) is 0 Å². The number of aromatic nitrogens is 1. The van der Waals surface area contributed by atoms with Gasteiger partial charge in [0.05, 0.1) is 11.3 Å². The first-order chi connectivity index (χ1) is 11.2. The Morgan fingerprint density at radius 1 is 1.13 bits per heavy atom. The molecule has 114 valence electrons. The van der Waals surface area contributed by atoms with E-state index >= 15 is 0 Å². The van der Waals surface area contributed by atoms with Gasteiger partial charge in [-0.05, 0) is 18.2 Å². The van der Waals surface area contributed by atoms with Crippen LogP contribution in [-0.4, -0.2) is 17.0 Å². The molecule has 5 nitrogen and oxygen atoms in total. The number of aliphatic imine (C=N–C) groups is 1. The standard InChI is InChI=1S/C17H14ClN5/c18-13-6-2-1-5-12(13)11-9-22-17(23-10-11)15(16(19)20)14-7-3-4-8-21-14/h1-10,22H,(H3,19,20)/b17-15-. The number of nitrogens with one attached hydrogen (secondary N) is 2. The average Bonchev–Trinajstić information content (AvgIpc) is 2.57. The fourth-order valence-electron chi connectivity index (χ4n) is 2.23. The number of amidine groups is 1. The molecule has 0 unspecified atom stereocenters. The van der Waals surface area contributed by atoms with Gasteiger partial charge in [-0.15, -0.1) is 0 Å². The van der Waals surface area contributed by atoms with Gasteiger partial charge in [0.2, 0.25) is 0 Å². The molecule has 2 aromatic rings. The summed E-state index contributed by atoms with van der Waals surface area (Å²) in [7, 11) is 0. The van der Waals surface area contributed by atoms with Crippen LogP contribution in [-0.2, 0) is 0 Å². The quantitative estimate of drug-likeness (QED) is 0.599. The topological polar surface area (TPSA) is 87.2 Å². The van der Waals surface area contributed by atoms with E-state index in [0.29, 0.717) is 22.1 Å². The molecule has 0 saturated carbocycles. The molecule has 23 heavy (non-hydrogen) atoms. The Bertz CT molecular complexity index is 837. The Morgan fingerprint density at radius 2 is 1.91 bits per heavy atom. The van der Waals surface area contributed by atoms with Crippen molar-refractivity contribution in [2.45, 2.75) is 0 Å². The number of halogens is 1. The van der Waals surface area contributed by atoms with Crippen molar-refractivity contribution in [2.75, 3.05) is 0 Å². The van der Waals surface area contributed by atoms with E-state index in [1.807, 2.05) is 30.3 Å². The molecule has 1 aromatic heterocycles. The maximum absolute atomic E-state index is 7.80. The number of benzene rings is 1. The summed E-state index contributed by atoms with van der Waals surface area (Å²) < 4.78 is 0. The average molecular weight is 324 g/mol. The Hall–Kier alpha value is -2.92. The molecule has 0 bridgehead atoms. The van der Waals surface area contributed by atoms with E-state index in [1.54, 1.807) is 30.7 Å². The van der Waals surface area contributed by atoms with Crippen molar-refractivity contribution in [1.29, 1.82) is 5.41 Å². The number of nitrogens with zero attached hydrogens (tertiary/aromatic N) is 2. The molecule has 1 aliphatic heterocycles. The van der Waals surface area contributed by atoms with Crippen LogP contribution in [0.3, 0.4) is 0 Å². The van der Waals surface area contributed by atoms with E-state index in [4.69, 9.17) is 22.7 Å². The van der Waals surface area contributed by atoms with Gasteiger partial charge in [-0.2, -0.15) is 0 Å². The summed E-state index contributed by atoms with van der Waals surface area (Å²) in [4.78, 5) is 8.61. The number of nitrogens with two attached hydrogens (primary N) is 1. The Balaban J connectivity index is 1.97. The van der Waals surface area contributed by atoms with Crippen LogP contribution < -0.4 is 11.1 Å². The summed E-state index contributed by atoms with van der Waals surface area (Å²) >= 11 is 6.20. The van der Waals surface area contributed by atoms with Crippen LogP contribution in [0.15, 0.2) is 65.7 Å². The second-order valence-corrected chi connectivity index (χ2v) is 5.24. The third-order valence-corrected chi connectivity index (χ3v) is 3.64. The van der Waals surface area contributed by atoms with E-state index in [-0.39, 0.29) is 5.84 Å². The molecule has 2 heterocycles. The lowest BCUT2D eigenvalue weighted by Crippen LogP contribution is -2.20. The van der Waals surface area contributed by atoms with Crippen LogP contribution in [0.5, 0.6) is 0 Å². The minimum absolute atomic E-state index is 0.0991. The number of rotatable bonds is 3. The van der Waals surface area contributed by atoms with Crippen molar-refractivity contribution < 1.29 is 0 Å². The van der Waals surface area contributed by atoms with Gasteiger partial charge in [-0.3, -0.25) is 10.4 Å². The van der Waals surface area contributed by atoms with Gasteiger partial charge >= 0.3 is 0 Å². The number of hydrogen-bond donors (Lipinski definition) is 3. The summed E-state index contributed by atoms with van der Waals surface area (Å²) in [6, 6.07) is 13.0. The molecule has 6 heteroatoms. The Kier molecular flexibility index (Phi) is 4.21. The lowest BCUT2D eigenvalue weighted by Gasteiger charge is -2.15. The smallest absolute Gasteiger partial charge is 0.143 e. The van der Waals surface area contributed by atoms with E-state index < -0.39 is 0 Å². The zero-order valence-corrected chi connectivity index (χ0v) is 12.9. The van der Waals surface area contributed by atoms with E-state index in [0.717, 1.165) is 11.1 Å². The zero-order chi connectivity index (χ0) is 16.2. The predicted octanol–water partition coefficient (Wildman–Crippen LogP) is 3.05. The largest absolute Gasteiger partial charge is 0.384 e. The van der Waals surface area contributed by atoms with E-state index in [2.05, 4.69) is 15.3 Å². The van der Waals surface area contributed by atoms with Gasteiger partial charge in [0.1, 0.15) is 11.7 Å². The molecule has 0 spiro atoms. The lowest BCUT2D eigenvalue weighted by molar-refractivity contribution is 1.03. The van der Waals surface area contributed by atoms with Gasteiger partial charge in [0.15, 0.2) is 0 Å². The minimum Gasteiger partial charge on any atom is -0.384 e.